The van der Waals surface area contributed by atoms with Crippen LogP contribution >= 0.6 is 11.6 Å². The summed E-state index contributed by atoms with van der Waals surface area (Å²) in [5, 5.41) is 1.29. The molecule has 0 aliphatic heterocycles. The van der Waals surface area contributed by atoms with Crippen LogP contribution in [0, 0.1) is 6.92 Å². The van der Waals surface area contributed by atoms with Crippen molar-refractivity contribution in [1.29, 1.82) is 0 Å². The fourth-order valence-electron chi connectivity index (χ4n) is 1.59. The molecule has 0 heterocycles. The zero-order valence-electron chi connectivity index (χ0n) is 8.40. The average Bonchev–Trinajstić information content (AvgIpc) is 2.17. The number of rotatable bonds is 0. The van der Waals surface area contributed by atoms with Crippen molar-refractivity contribution in [2.45, 2.75) is 13.1 Å². The zero-order chi connectivity index (χ0) is 11.9. The van der Waals surface area contributed by atoms with Crippen LogP contribution in [-0.2, 0) is 6.18 Å². The van der Waals surface area contributed by atoms with Gasteiger partial charge in [0.25, 0.3) is 0 Å². The monoisotopic (exact) mass is 244 g/mol. The van der Waals surface area contributed by atoms with E-state index in [-0.39, 0.29) is 5.02 Å². The SMILES string of the molecule is Cc1ccc2cc(C(F)(F)F)cc(Cl)c2c1. The zero-order valence-corrected chi connectivity index (χ0v) is 9.15. The molecule has 0 amide bonds. The van der Waals surface area contributed by atoms with Gasteiger partial charge in [0, 0.05) is 10.4 Å². The highest BCUT2D eigenvalue weighted by atomic mass is 35.5. The average molecular weight is 245 g/mol. The van der Waals surface area contributed by atoms with Crippen LogP contribution < -0.4 is 0 Å². The van der Waals surface area contributed by atoms with Gasteiger partial charge in [-0.3, -0.25) is 0 Å². The molecular formula is C12H8ClF3. The van der Waals surface area contributed by atoms with Crippen LogP contribution in [0.2, 0.25) is 5.02 Å². The molecule has 0 unspecified atom stereocenters. The lowest BCUT2D eigenvalue weighted by atomic mass is 10.0. The molecule has 0 nitrogen and oxygen atoms in total. The molecular weight excluding hydrogens is 237 g/mol. The Labute approximate surface area is 95.6 Å². The molecule has 4 heteroatoms. The van der Waals surface area contributed by atoms with Gasteiger partial charge in [0.05, 0.1) is 5.56 Å². The largest absolute Gasteiger partial charge is 0.416 e. The van der Waals surface area contributed by atoms with Crippen LogP contribution in [-0.4, -0.2) is 0 Å². The minimum atomic E-state index is -4.36. The quantitative estimate of drug-likeness (QED) is 0.623. The number of fused-ring (bicyclic) bond motifs is 1. The van der Waals surface area contributed by atoms with Crippen LogP contribution in [0.1, 0.15) is 11.1 Å². The Morgan fingerprint density at radius 3 is 2.38 bits per heavy atom. The van der Waals surface area contributed by atoms with Gasteiger partial charge in [0.1, 0.15) is 0 Å². The summed E-state index contributed by atoms with van der Waals surface area (Å²) in [7, 11) is 0. The Hall–Kier alpha value is -1.22. The molecule has 2 aromatic rings. The highest BCUT2D eigenvalue weighted by Gasteiger charge is 2.31. The van der Waals surface area contributed by atoms with Crippen LogP contribution in [0.5, 0.6) is 0 Å². The van der Waals surface area contributed by atoms with Gasteiger partial charge in [-0.25, -0.2) is 0 Å². The minimum Gasteiger partial charge on any atom is -0.166 e. The number of halogens is 4. The van der Waals surface area contributed by atoms with Gasteiger partial charge in [0.2, 0.25) is 0 Å². The first-order chi connectivity index (χ1) is 7.38. The Balaban J connectivity index is 2.74. The smallest absolute Gasteiger partial charge is 0.166 e. The fourth-order valence-corrected chi connectivity index (χ4v) is 1.87. The number of alkyl halides is 3. The van der Waals surface area contributed by atoms with Crippen molar-refractivity contribution in [1.82, 2.24) is 0 Å². The predicted octanol–water partition coefficient (Wildman–Crippen LogP) is 4.82. The molecule has 16 heavy (non-hydrogen) atoms. The van der Waals surface area contributed by atoms with Crippen molar-refractivity contribution in [3.8, 4) is 0 Å². The number of hydrogen-bond donors (Lipinski definition) is 0. The van der Waals surface area contributed by atoms with Crippen molar-refractivity contribution in [3.05, 3.63) is 46.5 Å². The van der Waals surface area contributed by atoms with Gasteiger partial charge in [-0.1, -0.05) is 29.3 Å². The van der Waals surface area contributed by atoms with E-state index in [4.69, 9.17) is 11.6 Å². The van der Waals surface area contributed by atoms with Crippen LogP contribution in [0.4, 0.5) is 13.2 Å². The van der Waals surface area contributed by atoms with E-state index in [2.05, 4.69) is 0 Å². The first kappa shape index (κ1) is 11.3. The summed E-state index contributed by atoms with van der Waals surface area (Å²) in [5.74, 6) is 0. The van der Waals surface area contributed by atoms with Gasteiger partial charge >= 0.3 is 6.18 Å². The first-order valence-electron chi connectivity index (χ1n) is 4.65. The standard InChI is InChI=1S/C12H8ClF3/c1-7-2-3-8-5-9(12(14,15)16)6-11(13)10(8)4-7/h2-6H,1H3. The van der Waals surface area contributed by atoms with E-state index in [0.717, 1.165) is 17.7 Å². The summed E-state index contributed by atoms with van der Waals surface area (Å²) in [5.41, 5.74) is 0.253. The molecule has 0 fully saturated rings. The lowest BCUT2D eigenvalue weighted by molar-refractivity contribution is -0.137. The molecule has 0 aromatic heterocycles. The van der Waals surface area contributed by atoms with Crippen molar-refractivity contribution in [3.63, 3.8) is 0 Å². The molecule has 0 atom stereocenters. The lowest BCUT2D eigenvalue weighted by Gasteiger charge is -2.09. The lowest BCUT2D eigenvalue weighted by Crippen LogP contribution is -2.04. The Kier molecular flexibility index (Phi) is 2.58. The first-order valence-corrected chi connectivity index (χ1v) is 5.03. The van der Waals surface area contributed by atoms with Crippen molar-refractivity contribution in [2.24, 2.45) is 0 Å². The molecule has 0 N–H and O–H groups in total. The Morgan fingerprint density at radius 1 is 1.06 bits per heavy atom. The minimum absolute atomic E-state index is 0.133. The summed E-state index contributed by atoms with van der Waals surface area (Å²) < 4.78 is 37.5. The molecule has 2 rings (SSSR count). The highest BCUT2D eigenvalue weighted by Crippen LogP contribution is 2.35. The molecule has 0 aliphatic carbocycles. The van der Waals surface area contributed by atoms with Crippen LogP contribution in [0.25, 0.3) is 10.8 Å². The van der Waals surface area contributed by atoms with Crippen LogP contribution in [0.3, 0.4) is 0 Å². The second kappa shape index (κ2) is 3.67. The normalized spacial score (nSPS) is 12.1. The van der Waals surface area contributed by atoms with Crippen molar-refractivity contribution >= 4 is 22.4 Å². The summed E-state index contributed by atoms with van der Waals surface area (Å²) in [4.78, 5) is 0. The maximum Gasteiger partial charge on any atom is 0.416 e. The van der Waals surface area contributed by atoms with Gasteiger partial charge in [-0.2, -0.15) is 13.2 Å². The summed E-state index contributed by atoms with van der Waals surface area (Å²) >= 11 is 5.84. The van der Waals surface area contributed by atoms with Gasteiger partial charge in [0.15, 0.2) is 0 Å². The van der Waals surface area contributed by atoms with Crippen LogP contribution in [0.15, 0.2) is 30.3 Å². The predicted molar refractivity (Wildman–Crippen MR) is 58.7 cm³/mol. The van der Waals surface area contributed by atoms with E-state index in [0.29, 0.717) is 10.8 Å². The second-order valence-electron chi connectivity index (χ2n) is 3.68. The molecule has 0 radical (unpaired) electrons. The molecule has 0 spiro atoms. The topological polar surface area (TPSA) is 0 Å². The van der Waals surface area contributed by atoms with Gasteiger partial charge in [-0.05, 0) is 30.5 Å². The van der Waals surface area contributed by atoms with E-state index < -0.39 is 11.7 Å². The maximum absolute atomic E-state index is 12.5. The number of benzene rings is 2. The maximum atomic E-state index is 12.5. The van der Waals surface area contributed by atoms with E-state index in [1.165, 1.54) is 0 Å². The third kappa shape index (κ3) is 2.00. The van der Waals surface area contributed by atoms with Crippen molar-refractivity contribution in [2.75, 3.05) is 0 Å². The van der Waals surface area contributed by atoms with E-state index in [1.807, 2.05) is 6.92 Å². The Bertz CT molecular complexity index is 544. The molecule has 0 saturated heterocycles. The molecule has 0 bridgehead atoms. The third-order valence-corrected chi connectivity index (χ3v) is 2.70. The van der Waals surface area contributed by atoms with E-state index in [1.54, 1.807) is 18.2 Å². The molecule has 84 valence electrons. The molecule has 0 saturated carbocycles. The Morgan fingerprint density at radius 2 is 1.75 bits per heavy atom. The molecule has 2 aromatic carbocycles. The highest BCUT2D eigenvalue weighted by molar-refractivity contribution is 6.35. The summed E-state index contributed by atoms with van der Waals surface area (Å²) in [6.45, 7) is 1.87. The van der Waals surface area contributed by atoms with Crippen molar-refractivity contribution < 1.29 is 13.2 Å². The number of aryl methyl sites for hydroxylation is 1. The van der Waals surface area contributed by atoms with Gasteiger partial charge < -0.3 is 0 Å². The third-order valence-electron chi connectivity index (χ3n) is 2.39. The fraction of sp³-hybridized carbons (Fsp3) is 0.167. The van der Waals surface area contributed by atoms with Gasteiger partial charge in [-0.15, -0.1) is 0 Å². The number of hydrogen-bond acceptors (Lipinski definition) is 0. The van der Waals surface area contributed by atoms with E-state index >= 15 is 0 Å². The second-order valence-corrected chi connectivity index (χ2v) is 4.09. The molecule has 0 aliphatic rings. The summed E-state index contributed by atoms with van der Waals surface area (Å²) in [6.07, 6.45) is -4.36. The van der Waals surface area contributed by atoms with E-state index in [9.17, 15) is 13.2 Å². The summed E-state index contributed by atoms with van der Waals surface area (Å²) in [6, 6.07) is 7.26.